The van der Waals surface area contributed by atoms with E-state index >= 15 is 0 Å². The van der Waals surface area contributed by atoms with E-state index < -0.39 is 5.92 Å². The number of pyridine rings is 1. The molecule has 2 amide bonds. The van der Waals surface area contributed by atoms with Crippen molar-refractivity contribution in [2.75, 3.05) is 25.0 Å². The summed E-state index contributed by atoms with van der Waals surface area (Å²) in [5.41, 5.74) is 3.96. The van der Waals surface area contributed by atoms with Crippen molar-refractivity contribution in [2.24, 2.45) is 11.8 Å². The molecule has 0 bridgehead atoms. The summed E-state index contributed by atoms with van der Waals surface area (Å²) in [6.45, 7) is 5.84. The molecule has 1 aliphatic heterocycles. The summed E-state index contributed by atoms with van der Waals surface area (Å²) in [7, 11) is 0. The van der Waals surface area contributed by atoms with Crippen LogP contribution in [0.3, 0.4) is 0 Å². The van der Waals surface area contributed by atoms with Gasteiger partial charge in [-0.2, -0.15) is 0 Å². The zero-order valence-electron chi connectivity index (χ0n) is 19.9. The quantitative estimate of drug-likeness (QED) is 0.540. The van der Waals surface area contributed by atoms with Crippen LogP contribution in [0.15, 0.2) is 48.2 Å². The Kier molecular flexibility index (Phi) is 7.49. The molecule has 182 valence electrons. The second-order valence-electron chi connectivity index (χ2n) is 9.62. The van der Waals surface area contributed by atoms with Gasteiger partial charge < -0.3 is 15.0 Å². The Morgan fingerprint density at radius 3 is 2.76 bits per heavy atom. The normalized spacial score (nSPS) is 21.9. The lowest BCUT2D eigenvalue weighted by Crippen LogP contribution is -2.42. The summed E-state index contributed by atoms with van der Waals surface area (Å²) >= 11 is 0. The number of piperidine rings is 1. The van der Waals surface area contributed by atoms with Gasteiger partial charge in [0, 0.05) is 31.6 Å². The molecule has 1 N–H and O–H groups in total. The number of rotatable bonds is 5. The third-order valence-corrected chi connectivity index (χ3v) is 6.78. The maximum atomic E-state index is 13.4. The number of amides is 2. The first-order valence-electron chi connectivity index (χ1n) is 12.1. The Hall–Kier alpha value is -2.96. The van der Waals surface area contributed by atoms with Crippen molar-refractivity contribution in [3.8, 4) is 5.75 Å². The van der Waals surface area contributed by atoms with Crippen LogP contribution < -0.4 is 10.1 Å². The van der Waals surface area contributed by atoms with Crippen LogP contribution in [0.25, 0.3) is 6.08 Å². The van der Waals surface area contributed by atoms with Gasteiger partial charge in [-0.05, 0) is 67.9 Å². The molecule has 4 rings (SSSR count). The van der Waals surface area contributed by atoms with Gasteiger partial charge in [0.05, 0.1) is 18.5 Å². The van der Waals surface area contributed by atoms with E-state index in [9.17, 15) is 13.6 Å². The minimum atomic E-state index is -2.51. The van der Waals surface area contributed by atoms with Gasteiger partial charge in [-0.1, -0.05) is 30.7 Å². The Morgan fingerprint density at radius 1 is 1.26 bits per heavy atom. The predicted molar refractivity (Wildman–Crippen MR) is 130 cm³/mol. The predicted octanol–water partition coefficient (Wildman–Crippen LogP) is 6.55. The van der Waals surface area contributed by atoms with Crippen LogP contribution in [-0.2, 0) is 0 Å². The molecule has 1 atom stereocenters. The van der Waals surface area contributed by atoms with Gasteiger partial charge in [0.15, 0.2) is 0 Å². The Bertz CT molecular complexity index is 1010. The fourth-order valence-corrected chi connectivity index (χ4v) is 4.58. The van der Waals surface area contributed by atoms with E-state index in [4.69, 9.17) is 4.74 Å². The smallest absolute Gasteiger partial charge is 0.321 e. The van der Waals surface area contributed by atoms with Crippen LogP contribution in [0.2, 0.25) is 0 Å². The molecule has 0 radical (unpaired) electrons. The van der Waals surface area contributed by atoms with Crippen molar-refractivity contribution in [3.05, 3.63) is 59.4 Å². The van der Waals surface area contributed by atoms with Crippen molar-refractivity contribution in [3.63, 3.8) is 0 Å². The molecule has 2 fully saturated rings. The van der Waals surface area contributed by atoms with Crippen molar-refractivity contribution < 1.29 is 18.3 Å². The zero-order valence-corrected chi connectivity index (χ0v) is 19.9. The van der Waals surface area contributed by atoms with E-state index in [1.807, 2.05) is 48.2 Å². The monoisotopic (exact) mass is 469 g/mol. The van der Waals surface area contributed by atoms with Gasteiger partial charge in [0.25, 0.3) is 0 Å². The van der Waals surface area contributed by atoms with Gasteiger partial charge >= 0.3 is 6.03 Å². The largest absolute Gasteiger partial charge is 0.493 e. The summed E-state index contributed by atoms with van der Waals surface area (Å²) < 4.78 is 32.6. The number of nitrogens with one attached hydrogen (secondary N) is 1. The number of ether oxygens (including phenoxy) is 1. The molecule has 2 aromatic rings. The van der Waals surface area contributed by atoms with Crippen LogP contribution in [0.4, 0.5) is 19.3 Å². The Morgan fingerprint density at radius 2 is 2.06 bits per heavy atom. The van der Waals surface area contributed by atoms with E-state index in [2.05, 4.69) is 23.3 Å². The van der Waals surface area contributed by atoms with Crippen LogP contribution in [0.1, 0.15) is 50.3 Å². The molecule has 1 saturated heterocycles. The first-order chi connectivity index (χ1) is 16.3. The average Bonchev–Trinajstić information content (AvgIpc) is 2.81. The summed E-state index contributed by atoms with van der Waals surface area (Å²) in [4.78, 5) is 18.7. The third kappa shape index (κ3) is 6.55. The fraction of sp³-hybridized carbons (Fsp3) is 0.481. The maximum absolute atomic E-state index is 13.4. The van der Waals surface area contributed by atoms with E-state index in [0.717, 1.165) is 23.4 Å². The number of anilines is 1. The third-order valence-electron chi connectivity index (χ3n) is 6.78. The van der Waals surface area contributed by atoms with Gasteiger partial charge in [0.2, 0.25) is 5.92 Å². The molecule has 1 aliphatic carbocycles. The Labute approximate surface area is 200 Å². The number of likely N-dealkylation sites (tertiary alicyclic amines) is 1. The van der Waals surface area contributed by atoms with Crippen molar-refractivity contribution >= 4 is 17.8 Å². The van der Waals surface area contributed by atoms with Crippen LogP contribution in [0.5, 0.6) is 5.75 Å². The fourth-order valence-electron chi connectivity index (χ4n) is 4.58. The highest BCUT2D eigenvalue weighted by Gasteiger charge is 2.35. The number of alkyl halides is 2. The van der Waals surface area contributed by atoms with E-state index in [0.29, 0.717) is 38.2 Å². The van der Waals surface area contributed by atoms with Gasteiger partial charge in [-0.25, -0.2) is 13.6 Å². The number of nitrogens with zero attached hydrogens (tertiary/aromatic N) is 2. The molecule has 1 unspecified atom stereocenters. The lowest BCUT2D eigenvalue weighted by molar-refractivity contribution is -0.0498. The first kappa shape index (κ1) is 24.2. The highest BCUT2D eigenvalue weighted by Crippen LogP contribution is 2.36. The number of carbonyl (C=O) groups is 1. The summed E-state index contributed by atoms with van der Waals surface area (Å²) in [6.07, 6.45) is 5.60. The van der Waals surface area contributed by atoms with Crippen molar-refractivity contribution in [1.82, 2.24) is 9.88 Å². The second-order valence-corrected chi connectivity index (χ2v) is 9.62. The minimum Gasteiger partial charge on any atom is -0.493 e. The highest BCUT2D eigenvalue weighted by atomic mass is 19.3. The van der Waals surface area contributed by atoms with Crippen LogP contribution >= 0.6 is 0 Å². The zero-order chi connectivity index (χ0) is 24.1. The average molecular weight is 470 g/mol. The highest BCUT2D eigenvalue weighted by molar-refractivity contribution is 5.89. The maximum Gasteiger partial charge on any atom is 0.321 e. The first-order valence-corrected chi connectivity index (χ1v) is 12.1. The SMILES string of the molecule is Cc1ccc(NC(=O)N2CCC(=Cc3cccc(OCC4CCC(F)(F)CC4)c3)C(C)C2)cn1. The second kappa shape index (κ2) is 10.5. The van der Waals surface area contributed by atoms with Crippen LogP contribution in [0, 0.1) is 18.8 Å². The molecular formula is C27H33F2N3O2. The number of carbonyl (C=O) groups excluding carboxylic acids is 1. The van der Waals surface area contributed by atoms with Crippen LogP contribution in [-0.4, -0.2) is 41.5 Å². The lowest BCUT2D eigenvalue weighted by atomic mass is 9.87. The lowest BCUT2D eigenvalue weighted by Gasteiger charge is -2.33. The molecular weight excluding hydrogens is 436 g/mol. The number of halogens is 2. The molecule has 2 heterocycles. The van der Waals surface area contributed by atoms with Crippen molar-refractivity contribution in [2.45, 2.75) is 51.9 Å². The van der Waals surface area contributed by atoms with E-state index in [1.54, 1.807) is 6.20 Å². The minimum absolute atomic E-state index is 0.0397. The molecule has 1 aromatic carbocycles. The number of aromatic nitrogens is 1. The Balaban J connectivity index is 1.30. The topological polar surface area (TPSA) is 54.5 Å². The summed E-state index contributed by atoms with van der Waals surface area (Å²) in [5, 5.41) is 2.92. The molecule has 7 heteroatoms. The van der Waals surface area contributed by atoms with E-state index in [-0.39, 0.29) is 30.7 Å². The van der Waals surface area contributed by atoms with Gasteiger partial charge in [-0.15, -0.1) is 0 Å². The molecule has 1 saturated carbocycles. The molecule has 34 heavy (non-hydrogen) atoms. The van der Waals surface area contributed by atoms with Gasteiger partial charge in [-0.3, -0.25) is 4.98 Å². The molecule has 5 nitrogen and oxygen atoms in total. The molecule has 2 aliphatic rings. The number of hydrogen-bond donors (Lipinski definition) is 1. The van der Waals surface area contributed by atoms with E-state index in [1.165, 1.54) is 5.57 Å². The molecule has 0 spiro atoms. The molecule has 1 aromatic heterocycles. The number of benzene rings is 1. The van der Waals surface area contributed by atoms with Crippen molar-refractivity contribution in [1.29, 1.82) is 0 Å². The number of urea groups is 1. The van der Waals surface area contributed by atoms with Gasteiger partial charge in [0.1, 0.15) is 5.75 Å². The summed E-state index contributed by atoms with van der Waals surface area (Å²) in [5.74, 6) is -1.31. The standard InChI is InChI=1S/C27H33F2N3O2/c1-19-17-32(26(33)31-24-7-6-20(2)30-16-24)13-10-23(19)14-22-4-3-5-25(15-22)34-18-21-8-11-27(28,29)12-9-21/h3-7,14-16,19,21H,8-13,17-18H2,1-2H3,(H,31,33). The summed E-state index contributed by atoms with van der Waals surface area (Å²) in [6, 6.07) is 11.5. The number of aryl methyl sites for hydroxylation is 1. The number of hydrogen-bond acceptors (Lipinski definition) is 3.